The molecule has 0 saturated heterocycles. The monoisotopic (exact) mass is 273 g/mol. The average molecular weight is 273 g/mol. The van der Waals surface area contributed by atoms with Crippen molar-refractivity contribution in [3.05, 3.63) is 45.9 Å². The molecular formula is C14H15N3OS. The normalized spacial score (nSPS) is 17.6. The molecule has 0 aliphatic carbocycles. The number of carbonyl (C=O) groups excluding carboxylic acids is 1. The Bertz CT molecular complexity index is 623. The van der Waals surface area contributed by atoms with Gasteiger partial charge in [-0.05, 0) is 11.6 Å². The summed E-state index contributed by atoms with van der Waals surface area (Å²) in [5.74, 6) is 0.334. The van der Waals surface area contributed by atoms with Crippen LogP contribution in [0, 0.1) is 0 Å². The van der Waals surface area contributed by atoms with Crippen molar-refractivity contribution in [1.29, 1.82) is 0 Å². The lowest BCUT2D eigenvalue weighted by atomic mass is 10.0. The molecule has 0 saturated carbocycles. The van der Waals surface area contributed by atoms with Gasteiger partial charge in [-0.25, -0.2) is 4.98 Å². The van der Waals surface area contributed by atoms with E-state index in [9.17, 15) is 4.79 Å². The number of nitrogens with two attached hydrogens (primary N) is 1. The quantitative estimate of drug-likeness (QED) is 0.913. The molecule has 1 aliphatic rings. The fraction of sp³-hybridized carbons (Fsp3) is 0.286. The summed E-state index contributed by atoms with van der Waals surface area (Å²) in [6.45, 7) is 3.23. The highest BCUT2D eigenvalue weighted by Crippen LogP contribution is 2.36. The van der Waals surface area contributed by atoms with E-state index in [0.717, 1.165) is 10.7 Å². The minimum absolute atomic E-state index is 0.0345. The van der Waals surface area contributed by atoms with E-state index in [1.54, 1.807) is 5.38 Å². The molecule has 4 nitrogen and oxygen atoms in total. The lowest BCUT2D eigenvalue weighted by molar-refractivity contribution is 0.0984. The number of aromatic nitrogens is 1. The second kappa shape index (κ2) is 4.75. The molecule has 1 aromatic carbocycles. The SMILES string of the molecule is CC1CN(C(=O)c2csc(CN)n2)c2ccccc21. The number of nitrogens with zero attached hydrogens (tertiary/aromatic N) is 2. The molecule has 1 aliphatic heterocycles. The molecule has 5 heteroatoms. The number of hydrogen-bond acceptors (Lipinski definition) is 4. The third kappa shape index (κ3) is 2.05. The van der Waals surface area contributed by atoms with Crippen LogP contribution < -0.4 is 10.6 Å². The molecule has 0 bridgehead atoms. The summed E-state index contributed by atoms with van der Waals surface area (Å²) in [5, 5.41) is 2.58. The van der Waals surface area contributed by atoms with Gasteiger partial charge in [0.15, 0.2) is 0 Å². The van der Waals surface area contributed by atoms with Gasteiger partial charge in [0.05, 0.1) is 0 Å². The first-order chi connectivity index (χ1) is 9.20. The average Bonchev–Trinajstić information content (AvgIpc) is 3.04. The number of anilines is 1. The molecule has 3 rings (SSSR count). The number of thiazole rings is 1. The molecule has 98 valence electrons. The highest BCUT2D eigenvalue weighted by atomic mass is 32.1. The largest absolute Gasteiger partial charge is 0.325 e. The first-order valence-electron chi connectivity index (χ1n) is 6.26. The summed E-state index contributed by atoms with van der Waals surface area (Å²) in [6.07, 6.45) is 0. The zero-order chi connectivity index (χ0) is 13.4. The molecule has 2 heterocycles. The van der Waals surface area contributed by atoms with E-state index in [-0.39, 0.29) is 5.91 Å². The van der Waals surface area contributed by atoms with Crippen molar-refractivity contribution in [2.45, 2.75) is 19.4 Å². The van der Waals surface area contributed by atoms with Crippen molar-refractivity contribution in [1.82, 2.24) is 4.98 Å². The number of para-hydroxylation sites is 1. The van der Waals surface area contributed by atoms with Crippen LogP contribution in [-0.2, 0) is 6.54 Å². The van der Waals surface area contributed by atoms with Gasteiger partial charge in [-0.2, -0.15) is 0 Å². The molecule has 0 spiro atoms. The zero-order valence-electron chi connectivity index (χ0n) is 10.7. The molecule has 1 amide bonds. The van der Waals surface area contributed by atoms with Crippen LogP contribution in [0.5, 0.6) is 0 Å². The summed E-state index contributed by atoms with van der Waals surface area (Å²) in [5.41, 5.74) is 8.26. The van der Waals surface area contributed by atoms with E-state index in [1.165, 1.54) is 16.9 Å². The summed E-state index contributed by atoms with van der Waals surface area (Å²) >= 11 is 1.44. The highest BCUT2D eigenvalue weighted by molar-refractivity contribution is 7.09. The maximum Gasteiger partial charge on any atom is 0.277 e. The highest BCUT2D eigenvalue weighted by Gasteiger charge is 2.30. The van der Waals surface area contributed by atoms with Crippen molar-refractivity contribution in [3.63, 3.8) is 0 Å². The Hall–Kier alpha value is -1.72. The lowest BCUT2D eigenvalue weighted by Crippen LogP contribution is -2.29. The van der Waals surface area contributed by atoms with Crippen molar-refractivity contribution in [2.24, 2.45) is 5.73 Å². The van der Waals surface area contributed by atoms with Crippen LogP contribution in [0.1, 0.15) is 33.9 Å². The second-order valence-corrected chi connectivity index (χ2v) is 5.65. The standard InChI is InChI=1S/C14H15N3OS/c1-9-7-17(12-5-3-2-4-10(9)12)14(18)11-8-19-13(6-15)16-11/h2-5,8-9H,6-7,15H2,1H3. The fourth-order valence-electron chi connectivity index (χ4n) is 2.45. The molecule has 1 atom stereocenters. The van der Waals surface area contributed by atoms with Gasteiger partial charge in [0.1, 0.15) is 10.7 Å². The van der Waals surface area contributed by atoms with E-state index in [4.69, 9.17) is 5.73 Å². The van der Waals surface area contributed by atoms with Gasteiger partial charge in [0, 0.05) is 30.1 Å². The van der Waals surface area contributed by atoms with E-state index in [2.05, 4.69) is 18.0 Å². The minimum atomic E-state index is -0.0345. The smallest absolute Gasteiger partial charge is 0.277 e. The summed E-state index contributed by atoms with van der Waals surface area (Å²) in [6, 6.07) is 8.05. The molecule has 2 aromatic rings. The maximum absolute atomic E-state index is 12.5. The van der Waals surface area contributed by atoms with Crippen LogP contribution in [0.3, 0.4) is 0 Å². The molecule has 0 fully saturated rings. The fourth-order valence-corrected chi connectivity index (χ4v) is 3.10. The number of hydrogen-bond donors (Lipinski definition) is 1. The Morgan fingerprint density at radius 3 is 3.05 bits per heavy atom. The predicted octanol–water partition coefficient (Wildman–Crippen LogP) is 2.37. The first-order valence-corrected chi connectivity index (χ1v) is 7.14. The van der Waals surface area contributed by atoms with Crippen LogP contribution >= 0.6 is 11.3 Å². The van der Waals surface area contributed by atoms with Gasteiger partial charge in [-0.1, -0.05) is 25.1 Å². The molecule has 1 aromatic heterocycles. The van der Waals surface area contributed by atoms with Crippen LogP contribution in [0.25, 0.3) is 0 Å². The maximum atomic E-state index is 12.5. The number of amides is 1. The van der Waals surface area contributed by atoms with Crippen molar-refractivity contribution < 1.29 is 4.79 Å². The van der Waals surface area contributed by atoms with Crippen LogP contribution in [0.2, 0.25) is 0 Å². The predicted molar refractivity (Wildman–Crippen MR) is 76.5 cm³/mol. The minimum Gasteiger partial charge on any atom is -0.325 e. The number of carbonyl (C=O) groups is 1. The third-order valence-corrected chi connectivity index (χ3v) is 4.28. The molecular weight excluding hydrogens is 258 g/mol. The molecule has 0 radical (unpaired) electrons. The van der Waals surface area contributed by atoms with Gasteiger partial charge in [0.2, 0.25) is 0 Å². The molecule has 2 N–H and O–H groups in total. The Kier molecular flexibility index (Phi) is 3.08. The van der Waals surface area contributed by atoms with Crippen LogP contribution in [0.15, 0.2) is 29.6 Å². The van der Waals surface area contributed by atoms with Crippen molar-refractivity contribution >= 4 is 22.9 Å². The second-order valence-electron chi connectivity index (χ2n) is 4.71. The van der Waals surface area contributed by atoms with Gasteiger partial charge in [-0.3, -0.25) is 4.79 Å². The third-order valence-electron chi connectivity index (χ3n) is 3.41. The topological polar surface area (TPSA) is 59.2 Å². The number of rotatable bonds is 2. The van der Waals surface area contributed by atoms with E-state index >= 15 is 0 Å². The molecule has 19 heavy (non-hydrogen) atoms. The molecule has 1 unspecified atom stereocenters. The van der Waals surface area contributed by atoms with Crippen molar-refractivity contribution in [2.75, 3.05) is 11.4 Å². The van der Waals surface area contributed by atoms with Gasteiger partial charge < -0.3 is 10.6 Å². The Labute approximate surface area is 115 Å². The lowest BCUT2D eigenvalue weighted by Gasteiger charge is -2.16. The van der Waals surface area contributed by atoms with E-state index in [1.807, 2.05) is 23.1 Å². The van der Waals surface area contributed by atoms with E-state index < -0.39 is 0 Å². The Morgan fingerprint density at radius 2 is 2.32 bits per heavy atom. The number of fused-ring (bicyclic) bond motifs is 1. The van der Waals surface area contributed by atoms with Gasteiger partial charge in [-0.15, -0.1) is 11.3 Å². The van der Waals surface area contributed by atoms with Gasteiger partial charge in [0.25, 0.3) is 5.91 Å². The zero-order valence-corrected chi connectivity index (χ0v) is 11.5. The van der Waals surface area contributed by atoms with Crippen LogP contribution in [0.4, 0.5) is 5.69 Å². The summed E-state index contributed by atoms with van der Waals surface area (Å²) in [7, 11) is 0. The van der Waals surface area contributed by atoms with Crippen molar-refractivity contribution in [3.8, 4) is 0 Å². The Morgan fingerprint density at radius 1 is 1.53 bits per heavy atom. The first kappa shape index (κ1) is 12.3. The number of benzene rings is 1. The van der Waals surface area contributed by atoms with E-state index in [0.29, 0.717) is 24.7 Å². The van der Waals surface area contributed by atoms with Crippen LogP contribution in [-0.4, -0.2) is 17.4 Å². The summed E-state index contributed by atoms with van der Waals surface area (Å²) < 4.78 is 0. The van der Waals surface area contributed by atoms with Gasteiger partial charge >= 0.3 is 0 Å². The summed E-state index contributed by atoms with van der Waals surface area (Å²) in [4.78, 5) is 18.6. The Balaban J connectivity index is 1.93.